The zero-order chi connectivity index (χ0) is 14.3. The van der Waals surface area contributed by atoms with E-state index in [0.29, 0.717) is 31.2 Å². The maximum Gasteiger partial charge on any atom is 0.303 e. The van der Waals surface area contributed by atoms with Crippen LogP contribution in [0.4, 0.5) is 5.69 Å². The van der Waals surface area contributed by atoms with Crippen LogP contribution in [0.25, 0.3) is 0 Å². The van der Waals surface area contributed by atoms with Gasteiger partial charge in [0.2, 0.25) is 0 Å². The molecule has 1 aromatic rings. The fourth-order valence-electron chi connectivity index (χ4n) is 1.65. The molecule has 0 bridgehead atoms. The summed E-state index contributed by atoms with van der Waals surface area (Å²) in [4.78, 5) is 32.0. The number of nitro groups is 1. The molecule has 0 aliphatic heterocycles. The Bertz CT molecular complexity index is 466. The van der Waals surface area contributed by atoms with Crippen LogP contribution in [0.3, 0.4) is 0 Å². The molecule has 0 aromatic heterocycles. The van der Waals surface area contributed by atoms with Crippen molar-refractivity contribution in [1.82, 2.24) is 0 Å². The van der Waals surface area contributed by atoms with Crippen LogP contribution in [0.15, 0.2) is 24.3 Å². The number of hydrogen-bond acceptors (Lipinski definition) is 4. The van der Waals surface area contributed by atoms with E-state index in [1.54, 1.807) is 0 Å². The van der Waals surface area contributed by atoms with Crippen molar-refractivity contribution >= 4 is 17.4 Å². The first kappa shape index (κ1) is 14.8. The van der Waals surface area contributed by atoms with Crippen LogP contribution in [0.5, 0.6) is 0 Å². The fraction of sp³-hybridized carbons (Fsp3) is 0.385. The van der Waals surface area contributed by atoms with Crippen molar-refractivity contribution in [2.75, 3.05) is 0 Å². The van der Waals surface area contributed by atoms with Gasteiger partial charge in [-0.2, -0.15) is 0 Å². The van der Waals surface area contributed by atoms with Crippen molar-refractivity contribution < 1.29 is 19.6 Å². The molecule has 0 radical (unpaired) electrons. The van der Waals surface area contributed by atoms with Crippen LogP contribution in [-0.2, 0) is 4.79 Å². The van der Waals surface area contributed by atoms with Crippen LogP contribution < -0.4 is 0 Å². The van der Waals surface area contributed by atoms with Crippen molar-refractivity contribution in [2.24, 2.45) is 0 Å². The zero-order valence-corrected chi connectivity index (χ0v) is 10.4. The van der Waals surface area contributed by atoms with E-state index in [2.05, 4.69) is 0 Å². The summed E-state index contributed by atoms with van der Waals surface area (Å²) in [6.07, 6.45) is 2.32. The van der Waals surface area contributed by atoms with E-state index >= 15 is 0 Å². The lowest BCUT2D eigenvalue weighted by molar-refractivity contribution is -0.384. The summed E-state index contributed by atoms with van der Waals surface area (Å²) < 4.78 is 0. The number of nitrogens with zero attached hydrogens (tertiary/aromatic N) is 1. The molecule has 0 heterocycles. The number of hydrogen-bond donors (Lipinski definition) is 1. The second-order valence-electron chi connectivity index (χ2n) is 4.18. The van der Waals surface area contributed by atoms with E-state index in [9.17, 15) is 19.7 Å². The summed E-state index contributed by atoms with van der Waals surface area (Å²) in [6.45, 7) is 0. The number of benzene rings is 1. The molecule has 0 spiro atoms. The van der Waals surface area contributed by atoms with Gasteiger partial charge in [-0.25, -0.2) is 0 Å². The Hall–Kier alpha value is -2.24. The Morgan fingerprint density at radius 2 is 1.63 bits per heavy atom. The molecule has 0 aliphatic carbocycles. The van der Waals surface area contributed by atoms with Crippen molar-refractivity contribution in [1.29, 1.82) is 0 Å². The van der Waals surface area contributed by atoms with Gasteiger partial charge in [0.05, 0.1) is 4.92 Å². The van der Waals surface area contributed by atoms with Gasteiger partial charge in [-0.1, -0.05) is 6.42 Å². The van der Waals surface area contributed by atoms with Crippen molar-refractivity contribution in [2.45, 2.75) is 32.1 Å². The van der Waals surface area contributed by atoms with Crippen LogP contribution in [0.1, 0.15) is 42.5 Å². The smallest absolute Gasteiger partial charge is 0.303 e. The summed E-state index contributed by atoms with van der Waals surface area (Å²) in [5, 5.41) is 18.9. The van der Waals surface area contributed by atoms with Gasteiger partial charge in [-0.3, -0.25) is 19.7 Å². The number of Topliss-reactive ketones (excluding diaryl/α,β-unsaturated/α-hetero) is 1. The van der Waals surface area contributed by atoms with Gasteiger partial charge in [0, 0.05) is 30.5 Å². The van der Waals surface area contributed by atoms with Gasteiger partial charge < -0.3 is 5.11 Å². The first-order valence-corrected chi connectivity index (χ1v) is 6.00. The second kappa shape index (κ2) is 7.25. The molecule has 6 nitrogen and oxygen atoms in total. The number of aliphatic carboxylic acids is 1. The molecule has 0 saturated heterocycles. The number of rotatable bonds is 8. The highest BCUT2D eigenvalue weighted by Crippen LogP contribution is 2.14. The number of unbranched alkanes of at least 4 members (excludes halogenated alkanes) is 2. The van der Waals surface area contributed by atoms with Gasteiger partial charge in [0.1, 0.15) is 0 Å². The minimum atomic E-state index is -0.832. The summed E-state index contributed by atoms with van der Waals surface area (Å²) in [5.74, 6) is -0.910. The highest BCUT2D eigenvalue weighted by atomic mass is 16.6. The lowest BCUT2D eigenvalue weighted by atomic mass is 10.0. The molecular weight excluding hydrogens is 250 g/mol. The number of nitro benzene ring substituents is 1. The number of carbonyl (C=O) groups excluding carboxylic acids is 1. The third-order valence-corrected chi connectivity index (χ3v) is 2.69. The monoisotopic (exact) mass is 265 g/mol. The highest BCUT2D eigenvalue weighted by Gasteiger charge is 2.09. The molecule has 102 valence electrons. The number of carboxylic acid groups (broad SMARTS) is 1. The quantitative estimate of drug-likeness (QED) is 0.337. The van der Waals surface area contributed by atoms with Crippen LogP contribution in [0.2, 0.25) is 0 Å². The van der Waals surface area contributed by atoms with Gasteiger partial charge in [-0.05, 0) is 25.0 Å². The number of carbonyl (C=O) groups is 2. The fourth-order valence-corrected chi connectivity index (χ4v) is 1.65. The maximum atomic E-state index is 11.7. The van der Waals surface area contributed by atoms with Crippen LogP contribution >= 0.6 is 0 Å². The first-order valence-electron chi connectivity index (χ1n) is 6.00. The molecule has 1 aromatic carbocycles. The van der Waals surface area contributed by atoms with E-state index in [1.165, 1.54) is 24.3 Å². The lowest BCUT2D eigenvalue weighted by Crippen LogP contribution is -2.00. The number of carboxylic acids is 1. The molecule has 1 N–H and O–H groups in total. The first-order chi connectivity index (χ1) is 9.00. The Kier molecular flexibility index (Phi) is 5.66. The van der Waals surface area contributed by atoms with Crippen LogP contribution in [0, 0.1) is 10.1 Å². The molecule has 19 heavy (non-hydrogen) atoms. The maximum absolute atomic E-state index is 11.7. The van der Waals surface area contributed by atoms with Gasteiger partial charge in [0.25, 0.3) is 5.69 Å². The average Bonchev–Trinajstić information content (AvgIpc) is 2.37. The van der Waals surface area contributed by atoms with Crippen molar-refractivity contribution in [3.8, 4) is 0 Å². The van der Waals surface area contributed by atoms with Gasteiger partial charge >= 0.3 is 5.97 Å². The Morgan fingerprint density at radius 3 is 2.16 bits per heavy atom. The molecule has 0 fully saturated rings. The predicted octanol–water partition coefficient (Wildman–Crippen LogP) is 2.81. The van der Waals surface area contributed by atoms with E-state index in [-0.39, 0.29) is 17.9 Å². The molecule has 0 saturated carbocycles. The lowest BCUT2D eigenvalue weighted by Gasteiger charge is -2.01. The number of ketones is 1. The van der Waals surface area contributed by atoms with Crippen molar-refractivity contribution in [3.63, 3.8) is 0 Å². The van der Waals surface area contributed by atoms with Gasteiger partial charge in [-0.15, -0.1) is 0 Å². The average molecular weight is 265 g/mol. The molecule has 0 atom stereocenters. The van der Waals surface area contributed by atoms with Crippen LogP contribution in [-0.4, -0.2) is 21.8 Å². The SMILES string of the molecule is O=C(O)CCCCCC(=O)c1ccc([N+](=O)[O-])cc1. The van der Waals surface area contributed by atoms with E-state index in [1.807, 2.05) is 0 Å². The normalized spacial score (nSPS) is 10.1. The minimum Gasteiger partial charge on any atom is -0.481 e. The third kappa shape index (κ3) is 5.29. The summed E-state index contributed by atoms with van der Waals surface area (Å²) >= 11 is 0. The summed E-state index contributed by atoms with van der Waals surface area (Å²) in [5.41, 5.74) is 0.404. The van der Waals surface area contributed by atoms with Crippen molar-refractivity contribution in [3.05, 3.63) is 39.9 Å². The van der Waals surface area contributed by atoms with E-state index < -0.39 is 10.9 Å². The highest BCUT2D eigenvalue weighted by molar-refractivity contribution is 5.96. The van der Waals surface area contributed by atoms with E-state index in [0.717, 1.165) is 0 Å². The standard InChI is InChI=1S/C13H15NO5/c15-12(4-2-1-3-5-13(16)17)10-6-8-11(9-7-10)14(18)19/h6-9H,1-5H2,(H,16,17). The molecule has 0 unspecified atom stereocenters. The number of non-ortho nitro benzene ring substituents is 1. The zero-order valence-electron chi connectivity index (χ0n) is 10.4. The Balaban J connectivity index is 2.37. The second-order valence-corrected chi connectivity index (χ2v) is 4.18. The Labute approximate surface area is 110 Å². The topological polar surface area (TPSA) is 97.5 Å². The molecule has 0 aliphatic rings. The molecular formula is C13H15NO5. The summed E-state index contributed by atoms with van der Waals surface area (Å²) in [7, 11) is 0. The largest absolute Gasteiger partial charge is 0.481 e. The molecule has 1 rings (SSSR count). The minimum absolute atomic E-state index is 0.0435. The molecule has 0 amide bonds. The Morgan fingerprint density at radius 1 is 1.05 bits per heavy atom. The van der Waals surface area contributed by atoms with E-state index in [4.69, 9.17) is 5.11 Å². The third-order valence-electron chi connectivity index (χ3n) is 2.69. The molecule has 6 heteroatoms. The predicted molar refractivity (Wildman–Crippen MR) is 68.1 cm³/mol. The van der Waals surface area contributed by atoms with Gasteiger partial charge in [0.15, 0.2) is 5.78 Å². The summed E-state index contributed by atoms with van der Waals surface area (Å²) in [6, 6.07) is 5.49.